The molecule has 7 nitrogen and oxygen atoms in total. The Labute approximate surface area is 135 Å². The van der Waals surface area contributed by atoms with Crippen LogP contribution in [0.1, 0.15) is 0 Å². The zero-order valence-corrected chi connectivity index (χ0v) is 13.0. The SMILES string of the molecule is O=C(CSc1nccc(=O)[nH]1)NNC(=S)Nc1ccccc1. The van der Waals surface area contributed by atoms with Crippen LogP contribution in [0.15, 0.2) is 52.5 Å². The number of carbonyl (C=O) groups excluding carboxylic acids is 1. The number of aromatic nitrogens is 2. The molecule has 0 bridgehead atoms. The maximum Gasteiger partial charge on any atom is 0.251 e. The molecule has 114 valence electrons. The lowest BCUT2D eigenvalue weighted by Gasteiger charge is -2.11. The maximum absolute atomic E-state index is 11.7. The van der Waals surface area contributed by atoms with E-state index in [0.29, 0.717) is 5.16 Å². The van der Waals surface area contributed by atoms with E-state index < -0.39 is 0 Å². The first-order valence-electron chi connectivity index (χ1n) is 6.22. The fourth-order valence-electron chi connectivity index (χ4n) is 1.41. The van der Waals surface area contributed by atoms with E-state index in [-0.39, 0.29) is 22.3 Å². The molecule has 0 saturated carbocycles. The van der Waals surface area contributed by atoms with Gasteiger partial charge in [-0.1, -0.05) is 30.0 Å². The summed E-state index contributed by atoms with van der Waals surface area (Å²) in [6.45, 7) is 0. The second kappa shape index (κ2) is 8.15. The number of aromatic amines is 1. The third-order valence-corrected chi connectivity index (χ3v) is 3.43. The molecule has 1 amide bonds. The topological polar surface area (TPSA) is 98.9 Å². The summed E-state index contributed by atoms with van der Waals surface area (Å²) in [5, 5.41) is 3.57. The van der Waals surface area contributed by atoms with E-state index in [2.05, 4.69) is 26.1 Å². The summed E-state index contributed by atoms with van der Waals surface area (Å²) < 4.78 is 0. The van der Waals surface area contributed by atoms with Crippen molar-refractivity contribution >= 4 is 40.7 Å². The van der Waals surface area contributed by atoms with Crippen LogP contribution in [0.3, 0.4) is 0 Å². The van der Waals surface area contributed by atoms with Crippen molar-refractivity contribution in [3.8, 4) is 0 Å². The Hall–Kier alpha value is -2.39. The number of amides is 1. The number of hydrazine groups is 1. The van der Waals surface area contributed by atoms with Crippen LogP contribution in [0.5, 0.6) is 0 Å². The third kappa shape index (κ3) is 5.54. The molecule has 0 spiro atoms. The fourth-order valence-corrected chi connectivity index (χ4v) is 2.22. The van der Waals surface area contributed by atoms with Gasteiger partial charge in [0.05, 0.1) is 5.75 Å². The third-order valence-electron chi connectivity index (χ3n) is 2.33. The summed E-state index contributed by atoms with van der Waals surface area (Å²) >= 11 is 6.16. The van der Waals surface area contributed by atoms with Gasteiger partial charge < -0.3 is 10.3 Å². The lowest BCUT2D eigenvalue weighted by atomic mass is 10.3. The van der Waals surface area contributed by atoms with Gasteiger partial charge in [-0.2, -0.15) is 0 Å². The smallest absolute Gasteiger partial charge is 0.251 e. The van der Waals surface area contributed by atoms with Crippen LogP contribution in [-0.2, 0) is 4.79 Å². The zero-order chi connectivity index (χ0) is 15.8. The molecule has 0 unspecified atom stereocenters. The number of carbonyl (C=O) groups is 1. The predicted octanol–water partition coefficient (Wildman–Crippen LogP) is 0.880. The van der Waals surface area contributed by atoms with E-state index in [1.807, 2.05) is 30.3 Å². The molecule has 0 atom stereocenters. The van der Waals surface area contributed by atoms with Crippen molar-refractivity contribution in [1.82, 2.24) is 20.8 Å². The minimum absolute atomic E-state index is 0.0912. The number of rotatable bonds is 4. The van der Waals surface area contributed by atoms with E-state index >= 15 is 0 Å². The molecular weight excluding hydrogens is 322 g/mol. The van der Waals surface area contributed by atoms with Gasteiger partial charge in [0, 0.05) is 18.0 Å². The number of para-hydroxylation sites is 1. The Kier molecular flexibility index (Phi) is 5.92. The van der Waals surface area contributed by atoms with Gasteiger partial charge in [0.15, 0.2) is 10.3 Å². The predicted molar refractivity (Wildman–Crippen MR) is 89.5 cm³/mol. The largest absolute Gasteiger partial charge is 0.331 e. The molecule has 1 aromatic carbocycles. The zero-order valence-electron chi connectivity index (χ0n) is 11.3. The minimum atomic E-state index is -0.297. The lowest BCUT2D eigenvalue weighted by Crippen LogP contribution is -2.44. The number of H-pyrrole nitrogens is 1. The average molecular weight is 335 g/mol. The van der Waals surface area contributed by atoms with Crippen LogP contribution < -0.4 is 21.7 Å². The maximum atomic E-state index is 11.7. The van der Waals surface area contributed by atoms with Crippen LogP contribution >= 0.6 is 24.0 Å². The van der Waals surface area contributed by atoms with Gasteiger partial charge in [-0.05, 0) is 24.4 Å². The standard InChI is InChI=1S/C13H13N5O2S2/c19-10-6-7-14-13(16-10)22-8-11(20)17-18-12(21)15-9-4-2-1-3-5-9/h1-7H,8H2,(H,17,20)(H,14,16,19)(H2,15,18,21). The molecule has 0 aliphatic rings. The van der Waals surface area contributed by atoms with E-state index in [4.69, 9.17) is 12.2 Å². The second-order valence-corrected chi connectivity index (χ2v) is 5.39. The van der Waals surface area contributed by atoms with Crippen LogP contribution in [0, 0.1) is 0 Å². The molecule has 22 heavy (non-hydrogen) atoms. The molecule has 2 aromatic rings. The van der Waals surface area contributed by atoms with Crippen molar-refractivity contribution in [2.24, 2.45) is 0 Å². The number of benzene rings is 1. The lowest BCUT2D eigenvalue weighted by molar-refractivity contribution is -0.119. The van der Waals surface area contributed by atoms with Crippen molar-refractivity contribution in [2.75, 3.05) is 11.1 Å². The number of thiocarbonyl (C=S) groups is 1. The second-order valence-electron chi connectivity index (χ2n) is 4.02. The van der Waals surface area contributed by atoms with E-state index in [9.17, 15) is 9.59 Å². The molecule has 1 aromatic heterocycles. The van der Waals surface area contributed by atoms with Gasteiger partial charge in [0.25, 0.3) is 5.56 Å². The molecule has 4 N–H and O–H groups in total. The highest BCUT2D eigenvalue weighted by atomic mass is 32.2. The minimum Gasteiger partial charge on any atom is -0.331 e. The van der Waals surface area contributed by atoms with Crippen molar-refractivity contribution in [3.05, 3.63) is 52.9 Å². The summed E-state index contributed by atoms with van der Waals surface area (Å²) in [4.78, 5) is 29.2. The van der Waals surface area contributed by atoms with Crippen molar-refractivity contribution in [3.63, 3.8) is 0 Å². The van der Waals surface area contributed by atoms with Gasteiger partial charge in [0.1, 0.15) is 0 Å². The first kappa shape index (κ1) is 16.0. The first-order chi connectivity index (χ1) is 10.6. The Morgan fingerprint density at radius 3 is 2.73 bits per heavy atom. The Morgan fingerprint density at radius 1 is 1.23 bits per heavy atom. The van der Waals surface area contributed by atoms with Gasteiger partial charge in [-0.15, -0.1) is 0 Å². The molecule has 2 rings (SSSR count). The average Bonchev–Trinajstić information content (AvgIpc) is 2.52. The van der Waals surface area contributed by atoms with Gasteiger partial charge >= 0.3 is 0 Å². The molecular formula is C13H13N5O2S2. The fraction of sp³-hybridized carbons (Fsp3) is 0.0769. The number of thioether (sulfide) groups is 1. The molecule has 0 aliphatic heterocycles. The normalized spacial score (nSPS) is 9.82. The van der Waals surface area contributed by atoms with Gasteiger partial charge in [-0.25, -0.2) is 4.98 Å². The quantitative estimate of drug-likeness (QED) is 0.285. The summed E-state index contributed by atoms with van der Waals surface area (Å²) in [6, 6.07) is 10.6. The monoisotopic (exact) mass is 335 g/mol. The summed E-state index contributed by atoms with van der Waals surface area (Å²) in [7, 11) is 0. The highest BCUT2D eigenvalue weighted by Gasteiger charge is 2.05. The number of nitrogens with zero attached hydrogens (tertiary/aromatic N) is 1. The summed E-state index contributed by atoms with van der Waals surface area (Å²) in [5.74, 6) is -0.206. The number of hydrogen-bond donors (Lipinski definition) is 4. The van der Waals surface area contributed by atoms with E-state index in [0.717, 1.165) is 17.4 Å². The molecule has 1 heterocycles. The van der Waals surface area contributed by atoms with Crippen molar-refractivity contribution in [2.45, 2.75) is 5.16 Å². The number of anilines is 1. The Balaban J connectivity index is 1.71. The van der Waals surface area contributed by atoms with Crippen LogP contribution in [0.2, 0.25) is 0 Å². The number of hydrogen-bond acceptors (Lipinski definition) is 5. The molecule has 0 saturated heterocycles. The highest BCUT2D eigenvalue weighted by Crippen LogP contribution is 2.08. The first-order valence-corrected chi connectivity index (χ1v) is 7.62. The Bertz CT molecular complexity index is 705. The highest BCUT2D eigenvalue weighted by molar-refractivity contribution is 7.99. The van der Waals surface area contributed by atoms with Crippen molar-refractivity contribution < 1.29 is 4.79 Å². The summed E-state index contributed by atoms with van der Waals surface area (Å²) in [5.41, 5.74) is 5.60. The van der Waals surface area contributed by atoms with Gasteiger partial charge in [-0.3, -0.25) is 20.4 Å². The molecule has 0 fully saturated rings. The van der Waals surface area contributed by atoms with Crippen LogP contribution in [-0.4, -0.2) is 26.7 Å². The van der Waals surface area contributed by atoms with Crippen LogP contribution in [0.25, 0.3) is 0 Å². The van der Waals surface area contributed by atoms with Gasteiger partial charge in [0.2, 0.25) is 5.91 Å². The molecule has 9 heteroatoms. The molecule has 0 radical (unpaired) electrons. The Morgan fingerprint density at radius 2 is 2.00 bits per heavy atom. The number of nitrogens with one attached hydrogen (secondary N) is 4. The van der Waals surface area contributed by atoms with E-state index in [1.165, 1.54) is 12.3 Å². The van der Waals surface area contributed by atoms with Crippen LogP contribution in [0.4, 0.5) is 5.69 Å². The summed E-state index contributed by atoms with van der Waals surface area (Å²) in [6.07, 6.45) is 1.39. The molecule has 0 aliphatic carbocycles. The van der Waals surface area contributed by atoms with E-state index in [1.54, 1.807) is 0 Å². The van der Waals surface area contributed by atoms with Crippen molar-refractivity contribution in [1.29, 1.82) is 0 Å².